The van der Waals surface area contributed by atoms with Crippen LogP contribution in [-0.2, 0) is 0 Å². The quantitative estimate of drug-likeness (QED) is 0.416. The summed E-state index contributed by atoms with van der Waals surface area (Å²) in [5.41, 5.74) is 1.98. The Balaban J connectivity index is 4.36. The summed E-state index contributed by atoms with van der Waals surface area (Å²) in [5, 5.41) is 0. The predicted octanol–water partition coefficient (Wildman–Crippen LogP) is 2.38. The highest BCUT2D eigenvalue weighted by Crippen LogP contribution is 1.94. The van der Waals surface area contributed by atoms with Crippen LogP contribution in [-0.4, -0.2) is 12.8 Å². The van der Waals surface area contributed by atoms with Gasteiger partial charge in [0.25, 0.3) is 0 Å². The van der Waals surface area contributed by atoms with Crippen molar-refractivity contribution in [3.05, 3.63) is 37.0 Å². The minimum Gasteiger partial charge on any atom is -0.289 e. The van der Waals surface area contributed by atoms with Crippen LogP contribution in [0.15, 0.2) is 42.0 Å². The minimum atomic E-state index is 0.886. The van der Waals surface area contributed by atoms with Gasteiger partial charge in [0.2, 0.25) is 0 Å². The van der Waals surface area contributed by atoms with Gasteiger partial charge in [-0.15, -0.1) is 0 Å². The van der Waals surface area contributed by atoms with Gasteiger partial charge in [-0.2, -0.15) is 0 Å². The maximum Gasteiger partial charge on any atom is 0.0567 e. The topological polar surface area (TPSA) is 12.4 Å². The first-order valence-corrected chi connectivity index (χ1v) is 3.14. The number of rotatable bonds is 3. The largest absolute Gasteiger partial charge is 0.289 e. The maximum atomic E-state index is 3.97. The van der Waals surface area contributed by atoms with E-state index in [2.05, 4.69) is 18.2 Å². The molecule has 0 N–H and O–H groups in total. The normalized spacial score (nSPS) is 13.0. The van der Waals surface area contributed by atoms with Gasteiger partial charge < -0.3 is 0 Å². The number of hydrogen-bond acceptors (Lipinski definition) is 1. The Labute approximate surface area is 62.5 Å². The number of nitrogens with zero attached hydrogens (tertiary/aromatic N) is 1. The second-order valence-electron chi connectivity index (χ2n) is 1.95. The molecule has 0 aliphatic carbocycles. The van der Waals surface area contributed by atoms with Crippen molar-refractivity contribution in [1.82, 2.24) is 0 Å². The molecular weight excluding hydrogens is 122 g/mol. The van der Waals surface area contributed by atoms with Crippen molar-refractivity contribution in [2.75, 3.05) is 7.05 Å². The molecule has 0 saturated carbocycles. The molecule has 0 saturated heterocycles. The molecule has 0 aromatic carbocycles. The van der Waals surface area contributed by atoms with Crippen LogP contribution in [0.25, 0.3) is 0 Å². The summed E-state index contributed by atoms with van der Waals surface area (Å²) in [6.45, 7) is 9.21. The van der Waals surface area contributed by atoms with Gasteiger partial charge in [0.05, 0.1) is 5.71 Å². The number of hydrogen-bond donors (Lipinski definition) is 0. The number of allylic oxidation sites excluding steroid dienone is 4. The predicted molar refractivity (Wildman–Crippen MR) is 47.5 cm³/mol. The maximum absolute atomic E-state index is 3.97. The molecule has 1 nitrogen and oxygen atoms in total. The highest BCUT2D eigenvalue weighted by atomic mass is 14.7. The van der Waals surface area contributed by atoms with Crippen molar-refractivity contribution in [2.45, 2.75) is 6.92 Å². The van der Waals surface area contributed by atoms with Crippen LogP contribution in [0.3, 0.4) is 0 Å². The van der Waals surface area contributed by atoms with E-state index in [-0.39, 0.29) is 0 Å². The zero-order chi connectivity index (χ0) is 7.98. The van der Waals surface area contributed by atoms with E-state index >= 15 is 0 Å². The lowest BCUT2D eigenvalue weighted by molar-refractivity contribution is 1.44. The zero-order valence-corrected chi connectivity index (χ0v) is 6.59. The van der Waals surface area contributed by atoms with Crippen LogP contribution < -0.4 is 0 Å². The van der Waals surface area contributed by atoms with Crippen LogP contribution in [0.1, 0.15) is 6.92 Å². The Kier molecular flexibility index (Phi) is 4.21. The first kappa shape index (κ1) is 8.89. The second kappa shape index (κ2) is 4.74. The van der Waals surface area contributed by atoms with E-state index in [0.29, 0.717) is 0 Å². The lowest BCUT2D eigenvalue weighted by Crippen LogP contribution is -1.86. The number of aliphatic imine (C=N–C) groups is 1. The molecule has 0 aliphatic heterocycles. The van der Waals surface area contributed by atoms with Gasteiger partial charge >= 0.3 is 0 Å². The van der Waals surface area contributed by atoms with Gasteiger partial charge in [-0.05, 0) is 24.6 Å². The van der Waals surface area contributed by atoms with Crippen molar-refractivity contribution in [2.24, 2.45) is 4.99 Å². The Morgan fingerprint density at radius 3 is 2.20 bits per heavy atom. The summed E-state index contributed by atoms with van der Waals surface area (Å²) in [4.78, 5) is 3.97. The second-order valence-corrected chi connectivity index (χ2v) is 1.95. The molecule has 1 heteroatoms. The highest BCUT2D eigenvalue weighted by molar-refractivity contribution is 6.04. The molecule has 10 heavy (non-hydrogen) atoms. The Hall–Kier alpha value is -1.11. The van der Waals surface area contributed by atoms with Crippen LogP contribution in [0, 0.1) is 0 Å². The van der Waals surface area contributed by atoms with Crippen LogP contribution in [0.4, 0.5) is 0 Å². The van der Waals surface area contributed by atoms with Gasteiger partial charge in [-0.25, -0.2) is 0 Å². The molecule has 0 aromatic rings. The van der Waals surface area contributed by atoms with E-state index in [1.807, 2.05) is 13.0 Å². The molecule has 0 bridgehead atoms. The third-order valence-corrected chi connectivity index (χ3v) is 1.16. The fourth-order valence-corrected chi connectivity index (χ4v) is 0.507. The summed E-state index contributed by atoms with van der Waals surface area (Å²) >= 11 is 0. The fraction of sp³-hybridized carbons (Fsp3) is 0.222. The molecule has 0 atom stereocenters. The smallest absolute Gasteiger partial charge is 0.0567 e. The average Bonchev–Trinajstić information content (AvgIpc) is 1.99. The molecule has 0 spiro atoms. The van der Waals surface area contributed by atoms with Crippen LogP contribution in [0.2, 0.25) is 0 Å². The van der Waals surface area contributed by atoms with E-state index in [1.165, 1.54) is 0 Å². The molecule has 0 aliphatic rings. The van der Waals surface area contributed by atoms with Crippen molar-refractivity contribution in [1.29, 1.82) is 0 Å². The molecule has 0 radical (unpaired) electrons. The fourth-order valence-electron chi connectivity index (χ4n) is 0.507. The Bertz CT molecular complexity index is 185. The van der Waals surface area contributed by atoms with Crippen molar-refractivity contribution >= 4 is 5.71 Å². The Morgan fingerprint density at radius 1 is 1.30 bits per heavy atom. The highest BCUT2D eigenvalue weighted by Gasteiger charge is 1.84. The van der Waals surface area contributed by atoms with E-state index in [0.717, 1.165) is 11.3 Å². The SMILES string of the molecule is C=C/C(C)=C\C(C=C)=N/C. The summed E-state index contributed by atoms with van der Waals surface area (Å²) in [6.07, 6.45) is 5.43. The first-order valence-electron chi connectivity index (χ1n) is 3.14. The molecule has 0 heterocycles. The van der Waals surface area contributed by atoms with E-state index in [1.54, 1.807) is 19.2 Å². The van der Waals surface area contributed by atoms with E-state index in [4.69, 9.17) is 0 Å². The molecule has 0 fully saturated rings. The van der Waals surface area contributed by atoms with Gasteiger partial charge in [0.1, 0.15) is 0 Å². The van der Waals surface area contributed by atoms with Gasteiger partial charge in [0, 0.05) is 7.05 Å². The third kappa shape index (κ3) is 3.02. The van der Waals surface area contributed by atoms with Crippen molar-refractivity contribution in [3.8, 4) is 0 Å². The molecule has 54 valence electrons. The van der Waals surface area contributed by atoms with Gasteiger partial charge in [-0.3, -0.25) is 4.99 Å². The summed E-state index contributed by atoms with van der Waals surface area (Å²) in [5.74, 6) is 0. The lowest BCUT2D eigenvalue weighted by Gasteiger charge is -1.91. The van der Waals surface area contributed by atoms with E-state index in [9.17, 15) is 0 Å². The molecule has 0 rings (SSSR count). The zero-order valence-electron chi connectivity index (χ0n) is 6.59. The van der Waals surface area contributed by atoms with Crippen LogP contribution >= 0.6 is 0 Å². The summed E-state index contributed by atoms with van der Waals surface area (Å²) in [6, 6.07) is 0. The minimum absolute atomic E-state index is 0.886. The average molecular weight is 135 g/mol. The van der Waals surface area contributed by atoms with Gasteiger partial charge in [0.15, 0.2) is 0 Å². The van der Waals surface area contributed by atoms with Crippen LogP contribution in [0.5, 0.6) is 0 Å². The molecular formula is C9H13N. The Morgan fingerprint density at radius 2 is 1.90 bits per heavy atom. The van der Waals surface area contributed by atoms with Crippen molar-refractivity contribution in [3.63, 3.8) is 0 Å². The standard InChI is InChI=1S/C9H13N/c1-5-8(3)7-9(6-2)10-4/h5-7H,1-2H2,3-4H3/b8-7-,10-9-. The monoisotopic (exact) mass is 135 g/mol. The molecule has 0 amide bonds. The summed E-state index contributed by atoms with van der Waals surface area (Å²) in [7, 11) is 1.74. The first-order chi connectivity index (χ1) is 4.74. The molecule has 0 aromatic heterocycles. The van der Waals surface area contributed by atoms with E-state index < -0.39 is 0 Å². The van der Waals surface area contributed by atoms with Crippen molar-refractivity contribution < 1.29 is 0 Å². The summed E-state index contributed by atoms with van der Waals surface area (Å²) < 4.78 is 0. The molecule has 0 unspecified atom stereocenters. The van der Waals surface area contributed by atoms with Gasteiger partial charge in [-0.1, -0.05) is 19.2 Å². The third-order valence-electron chi connectivity index (χ3n) is 1.16. The lowest BCUT2D eigenvalue weighted by atomic mass is 10.2.